The summed E-state index contributed by atoms with van der Waals surface area (Å²) in [5.41, 5.74) is 2.99. The van der Waals surface area contributed by atoms with E-state index in [9.17, 15) is 0 Å². The van der Waals surface area contributed by atoms with Crippen LogP contribution >= 0.6 is 0 Å². The lowest BCUT2D eigenvalue weighted by Gasteiger charge is -2.55. The smallest absolute Gasteiger partial charge is 0.0661 e. The summed E-state index contributed by atoms with van der Waals surface area (Å²) < 4.78 is 7.97. The minimum Gasteiger partial charge on any atom is -0.378 e. The van der Waals surface area contributed by atoms with Gasteiger partial charge in [0.2, 0.25) is 0 Å². The van der Waals surface area contributed by atoms with E-state index in [0.29, 0.717) is 23.6 Å². The lowest BCUT2D eigenvalue weighted by molar-refractivity contribution is -0.132. The van der Waals surface area contributed by atoms with Gasteiger partial charge in [-0.1, -0.05) is 12.8 Å². The van der Waals surface area contributed by atoms with Gasteiger partial charge in [0.05, 0.1) is 12.3 Å². The summed E-state index contributed by atoms with van der Waals surface area (Å²) in [7, 11) is 2.01. The number of hydrogen-bond acceptors (Lipinski definition) is 3. The van der Waals surface area contributed by atoms with Gasteiger partial charge >= 0.3 is 0 Å². The number of nitrogens with zero attached hydrogens (tertiary/aromatic N) is 2. The number of aryl methyl sites for hydroxylation is 1. The molecular weight excluding hydrogens is 262 g/mol. The van der Waals surface area contributed by atoms with Crippen molar-refractivity contribution in [3.8, 4) is 0 Å². The Kier molecular flexibility index (Phi) is 4.10. The molecule has 1 aromatic heterocycles. The highest BCUT2D eigenvalue weighted by atomic mass is 16.5. The monoisotopic (exact) mass is 291 g/mol. The number of rotatable bonds is 5. The van der Waals surface area contributed by atoms with E-state index in [1.807, 2.05) is 17.9 Å². The molecule has 0 bridgehead atoms. The fourth-order valence-electron chi connectivity index (χ4n) is 4.45. The molecule has 2 fully saturated rings. The molecule has 0 aromatic carbocycles. The first-order valence-electron chi connectivity index (χ1n) is 8.44. The molecule has 2 aliphatic carbocycles. The zero-order chi connectivity index (χ0) is 15.0. The van der Waals surface area contributed by atoms with E-state index >= 15 is 0 Å². The van der Waals surface area contributed by atoms with E-state index in [4.69, 9.17) is 4.74 Å². The van der Waals surface area contributed by atoms with Gasteiger partial charge in [0.15, 0.2) is 0 Å². The van der Waals surface area contributed by atoms with Crippen LogP contribution in [0.15, 0.2) is 6.20 Å². The fourth-order valence-corrected chi connectivity index (χ4v) is 4.45. The molecule has 3 rings (SSSR count). The SMILES string of the molecule is CCOC1CC(NC(C)c2cnn(C)c2C)C12CCCC2. The maximum Gasteiger partial charge on any atom is 0.0661 e. The van der Waals surface area contributed by atoms with Gasteiger partial charge in [0.25, 0.3) is 0 Å². The van der Waals surface area contributed by atoms with Gasteiger partial charge < -0.3 is 10.1 Å². The summed E-state index contributed by atoms with van der Waals surface area (Å²) in [4.78, 5) is 0. The molecule has 118 valence electrons. The molecule has 0 amide bonds. The summed E-state index contributed by atoms with van der Waals surface area (Å²) in [5.74, 6) is 0. The Labute approximate surface area is 128 Å². The Bertz CT molecular complexity index is 490. The molecule has 4 nitrogen and oxygen atoms in total. The molecule has 1 heterocycles. The maximum atomic E-state index is 6.00. The zero-order valence-corrected chi connectivity index (χ0v) is 13.9. The van der Waals surface area contributed by atoms with Crippen LogP contribution in [0.2, 0.25) is 0 Å². The van der Waals surface area contributed by atoms with Gasteiger partial charge in [-0.25, -0.2) is 0 Å². The maximum absolute atomic E-state index is 6.00. The third-order valence-corrected chi connectivity index (χ3v) is 5.88. The van der Waals surface area contributed by atoms with E-state index in [1.165, 1.54) is 36.9 Å². The summed E-state index contributed by atoms with van der Waals surface area (Å²) in [5, 5.41) is 8.25. The van der Waals surface area contributed by atoms with Crippen molar-refractivity contribution >= 4 is 0 Å². The van der Waals surface area contributed by atoms with Crippen molar-refractivity contribution in [3.63, 3.8) is 0 Å². The van der Waals surface area contributed by atoms with E-state index in [2.05, 4.69) is 31.2 Å². The van der Waals surface area contributed by atoms with Crippen LogP contribution in [0, 0.1) is 12.3 Å². The van der Waals surface area contributed by atoms with Crippen LogP contribution in [-0.2, 0) is 11.8 Å². The number of aromatic nitrogens is 2. The average Bonchev–Trinajstić information content (AvgIpc) is 3.08. The Hall–Kier alpha value is -0.870. The molecule has 1 aromatic rings. The molecule has 0 radical (unpaired) electrons. The molecule has 1 N–H and O–H groups in total. The normalized spacial score (nSPS) is 28.8. The zero-order valence-electron chi connectivity index (χ0n) is 13.9. The highest BCUT2D eigenvalue weighted by Gasteiger charge is 2.56. The van der Waals surface area contributed by atoms with Gasteiger partial charge in [-0.05, 0) is 40.0 Å². The van der Waals surface area contributed by atoms with Gasteiger partial charge in [-0.3, -0.25) is 4.68 Å². The van der Waals surface area contributed by atoms with E-state index in [0.717, 1.165) is 13.0 Å². The van der Waals surface area contributed by atoms with Crippen molar-refractivity contribution < 1.29 is 4.74 Å². The molecule has 0 saturated heterocycles. The third kappa shape index (κ3) is 2.42. The van der Waals surface area contributed by atoms with Crippen LogP contribution in [0.4, 0.5) is 0 Å². The Morgan fingerprint density at radius 2 is 2.19 bits per heavy atom. The van der Waals surface area contributed by atoms with E-state index in [-0.39, 0.29) is 0 Å². The van der Waals surface area contributed by atoms with Gasteiger partial charge in [-0.2, -0.15) is 5.10 Å². The fraction of sp³-hybridized carbons (Fsp3) is 0.824. The molecule has 21 heavy (non-hydrogen) atoms. The second-order valence-electron chi connectivity index (χ2n) is 6.87. The lowest BCUT2D eigenvalue weighted by atomic mass is 9.60. The van der Waals surface area contributed by atoms with Crippen LogP contribution in [0.3, 0.4) is 0 Å². The Morgan fingerprint density at radius 3 is 2.76 bits per heavy atom. The second kappa shape index (κ2) is 5.73. The molecule has 0 aliphatic heterocycles. The van der Waals surface area contributed by atoms with Crippen molar-refractivity contribution in [3.05, 3.63) is 17.5 Å². The average molecular weight is 291 g/mol. The highest BCUT2D eigenvalue weighted by molar-refractivity contribution is 5.21. The van der Waals surface area contributed by atoms with Crippen molar-refractivity contribution in [1.82, 2.24) is 15.1 Å². The van der Waals surface area contributed by atoms with Crippen molar-refractivity contribution in [2.45, 2.75) is 71.1 Å². The molecule has 3 atom stereocenters. The van der Waals surface area contributed by atoms with Gasteiger partial charge in [-0.15, -0.1) is 0 Å². The quantitative estimate of drug-likeness (QED) is 0.906. The number of ether oxygens (including phenoxy) is 1. The minimum atomic E-state index is 0.365. The molecule has 3 unspecified atom stereocenters. The lowest BCUT2D eigenvalue weighted by Crippen LogP contribution is -2.63. The first-order valence-corrected chi connectivity index (χ1v) is 8.44. The number of nitrogens with one attached hydrogen (secondary N) is 1. The Balaban J connectivity index is 1.69. The van der Waals surface area contributed by atoms with Crippen LogP contribution in [0.25, 0.3) is 0 Å². The van der Waals surface area contributed by atoms with Crippen LogP contribution in [0.5, 0.6) is 0 Å². The van der Waals surface area contributed by atoms with Crippen molar-refractivity contribution in [2.75, 3.05) is 6.61 Å². The molecule has 4 heteroatoms. The van der Waals surface area contributed by atoms with E-state index in [1.54, 1.807) is 0 Å². The summed E-state index contributed by atoms with van der Waals surface area (Å²) in [6.45, 7) is 7.37. The number of hydrogen-bond donors (Lipinski definition) is 1. The minimum absolute atomic E-state index is 0.365. The first-order chi connectivity index (χ1) is 10.1. The molecular formula is C17H29N3O. The summed E-state index contributed by atoms with van der Waals surface area (Å²) in [6, 6.07) is 0.968. The van der Waals surface area contributed by atoms with E-state index < -0.39 is 0 Å². The summed E-state index contributed by atoms with van der Waals surface area (Å²) >= 11 is 0. The van der Waals surface area contributed by atoms with Crippen molar-refractivity contribution in [1.29, 1.82) is 0 Å². The van der Waals surface area contributed by atoms with Crippen LogP contribution < -0.4 is 5.32 Å². The predicted molar refractivity (Wildman–Crippen MR) is 84.2 cm³/mol. The van der Waals surface area contributed by atoms with Crippen LogP contribution in [0.1, 0.15) is 63.3 Å². The second-order valence-corrected chi connectivity index (χ2v) is 6.87. The van der Waals surface area contributed by atoms with Crippen molar-refractivity contribution in [2.24, 2.45) is 12.5 Å². The highest BCUT2D eigenvalue weighted by Crippen LogP contribution is 2.55. The largest absolute Gasteiger partial charge is 0.378 e. The first kappa shape index (κ1) is 15.0. The topological polar surface area (TPSA) is 39.1 Å². The van der Waals surface area contributed by atoms with Gasteiger partial charge in [0.1, 0.15) is 0 Å². The predicted octanol–water partition coefficient (Wildman–Crippen LogP) is 3.12. The Morgan fingerprint density at radius 1 is 1.48 bits per heavy atom. The molecule has 1 spiro atoms. The standard InChI is InChI=1S/C17H29N3O/c1-5-21-16-10-15(17(16)8-6-7-9-17)19-12(2)14-11-18-20(4)13(14)3/h11-12,15-16,19H,5-10H2,1-4H3. The molecule has 2 aliphatic rings. The third-order valence-electron chi connectivity index (χ3n) is 5.88. The molecule has 2 saturated carbocycles. The summed E-state index contributed by atoms with van der Waals surface area (Å²) in [6.07, 6.45) is 9.03. The van der Waals surface area contributed by atoms with Gasteiger partial charge in [0, 0.05) is 42.4 Å². The van der Waals surface area contributed by atoms with Crippen LogP contribution in [-0.4, -0.2) is 28.5 Å².